The van der Waals surface area contributed by atoms with Crippen LogP contribution in [-0.2, 0) is 6.18 Å². The average molecular weight is 416 g/mol. The van der Waals surface area contributed by atoms with Crippen LogP contribution in [0, 0.1) is 11.3 Å². The van der Waals surface area contributed by atoms with Gasteiger partial charge in [0.05, 0.1) is 33.9 Å². The lowest BCUT2D eigenvalue weighted by atomic mass is 9.93. The molecule has 0 atom stereocenters. The molecule has 2 aromatic carbocycles. The Bertz CT molecular complexity index is 1130. The first-order valence-corrected chi connectivity index (χ1v) is 9.55. The van der Waals surface area contributed by atoms with Crippen molar-refractivity contribution >= 4 is 16.6 Å². The molecule has 1 aromatic heterocycles. The highest BCUT2D eigenvalue weighted by atomic mass is 19.4. The Morgan fingerprint density at radius 2 is 1.87 bits per heavy atom. The van der Waals surface area contributed by atoms with Crippen molar-refractivity contribution < 1.29 is 23.4 Å². The molecule has 0 radical (unpaired) electrons. The predicted octanol–water partition coefficient (Wildman–Crippen LogP) is 4.34. The maximum Gasteiger partial charge on any atom is 0.435 e. The third-order valence-electron chi connectivity index (χ3n) is 5.38. The Balaban J connectivity index is 1.79. The van der Waals surface area contributed by atoms with Gasteiger partial charge in [0.15, 0.2) is 5.69 Å². The van der Waals surface area contributed by atoms with E-state index in [1.165, 1.54) is 30.3 Å². The summed E-state index contributed by atoms with van der Waals surface area (Å²) in [5.74, 6) is -0.501. The van der Waals surface area contributed by atoms with Crippen LogP contribution < -0.4 is 5.32 Å². The molecule has 0 aliphatic heterocycles. The zero-order valence-electron chi connectivity index (χ0n) is 15.8. The smallest absolute Gasteiger partial charge is 0.435 e. The standard InChI is InChI=1S/C21H19F3N4O2/c22-21(23,24)20-19-17(2-1-3-18(19)30)28(27-20)14-7-4-12(11-25)16(10-14)26-13-5-8-15(29)9-6-13/h1-4,7,10,13,15,26,29-30H,5-6,8-9H2. The van der Waals surface area contributed by atoms with E-state index in [9.17, 15) is 28.6 Å². The number of alkyl halides is 3. The zero-order valence-corrected chi connectivity index (χ0v) is 15.8. The molecule has 4 rings (SSSR count). The van der Waals surface area contributed by atoms with E-state index in [4.69, 9.17) is 0 Å². The lowest BCUT2D eigenvalue weighted by Crippen LogP contribution is -2.28. The number of nitrogens with one attached hydrogen (secondary N) is 1. The summed E-state index contributed by atoms with van der Waals surface area (Å²) in [5.41, 5.74) is 0.127. The summed E-state index contributed by atoms with van der Waals surface area (Å²) in [5, 5.41) is 35.8. The van der Waals surface area contributed by atoms with Gasteiger partial charge in [0.2, 0.25) is 0 Å². The van der Waals surface area contributed by atoms with Crippen LogP contribution in [-0.4, -0.2) is 32.1 Å². The SMILES string of the molecule is N#Cc1ccc(-n2nc(C(F)(F)F)c3c(O)cccc32)cc1NC1CCC(O)CC1. The Kier molecular flexibility index (Phi) is 5.03. The number of aliphatic hydroxyl groups excluding tert-OH is 1. The lowest BCUT2D eigenvalue weighted by Gasteiger charge is -2.27. The topological polar surface area (TPSA) is 94.1 Å². The molecule has 1 aliphatic rings. The number of rotatable bonds is 3. The number of phenols is 1. The van der Waals surface area contributed by atoms with Crippen LogP contribution >= 0.6 is 0 Å². The Labute approximate surface area is 170 Å². The number of nitriles is 1. The number of hydrogen-bond acceptors (Lipinski definition) is 5. The molecule has 0 saturated heterocycles. The summed E-state index contributed by atoms with van der Waals surface area (Å²) < 4.78 is 41.6. The molecule has 1 saturated carbocycles. The molecule has 6 nitrogen and oxygen atoms in total. The van der Waals surface area contributed by atoms with Crippen molar-refractivity contribution in [3.05, 3.63) is 47.7 Å². The van der Waals surface area contributed by atoms with Crippen LogP contribution in [0.2, 0.25) is 0 Å². The average Bonchev–Trinajstić information content (AvgIpc) is 3.11. The van der Waals surface area contributed by atoms with Crippen LogP contribution in [0.4, 0.5) is 18.9 Å². The normalized spacial score (nSPS) is 19.6. The minimum atomic E-state index is -4.74. The zero-order chi connectivity index (χ0) is 21.5. The van der Waals surface area contributed by atoms with E-state index in [0.717, 1.165) is 17.5 Å². The fraction of sp³-hybridized carbons (Fsp3) is 0.333. The Hall–Kier alpha value is -3.25. The third kappa shape index (κ3) is 3.66. The van der Waals surface area contributed by atoms with Crippen molar-refractivity contribution in [3.8, 4) is 17.5 Å². The minimum absolute atomic E-state index is 0.0555. The highest BCUT2D eigenvalue weighted by Gasteiger charge is 2.38. The van der Waals surface area contributed by atoms with E-state index < -0.39 is 17.6 Å². The maximum absolute atomic E-state index is 13.5. The number of aromatic hydroxyl groups is 1. The number of fused-ring (bicyclic) bond motifs is 1. The Morgan fingerprint density at radius 1 is 1.13 bits per heavy atom. The Morgan fingerprint density at radius 3 is 2.53 bits per heavy atom. The molecule has 1 heterocycles. The molecular weight excluding hydrogens is 397 g/mol. The highest BCUT2D eigenvalue weighted by Crippen LogP contribution is 2.39. The minimum Gasteiger partial charge on any atom is -0.507 e. The number of aliphatic hydroxyl groups is 1. The van der Waals surface area contributed by atoms with E-state index in [1.54, 1.807) is 6.07 Å². The van der Waals surface area contributed by atoms with Crippen LogP contribution in [0.1, 0.15) is 36.9 Å². The van der Waals surface area contributed by atoms with E-state index in [0.29, 0.717) is 29.8 Å². The molecule has 0 bridgehead atoms. The number of phenolic OH excluding ortho intramolecular Hbond substituents is 1. The summed E-state index contributed by atoms with van der Waals surface area (Å²) in [6, 6.07) is 10.9. The highest BCUT2D eigenvalue weighted by molar-refractivity contribution is 5.89. The van der Waals surface area contributed by atoms with Gasteiger partial charge in [-0.2, -0.15) is 23.5 Å². The quantitative estimate of drug-likeness (QED) is 0.591. The summed E-state index contributed by atoms with van der Waals surface area (Å²) in [6.07, 6.45) is -2.30. The van der Waals surface area contributed by atoms with Gasteiger partial charge in [-0.15, -0.1) is 0 Å². The summed E-state index contributed by atoms with van der Waals surface area (Å²) in [7, 11) is 0. The second-order valence-electron chi connectivity index (χ2n) is 7.42. The fourth-order valence-electron chi connectivity index (χ4n) is 3.87. The first kappa shape index (κ1) is 20.0. The first-order chi connectivity index (χ1) is 14.3. The van der Waals surface area contributed by atoms with Crippen LogP contribution in [0.15, 0.2) is 36.4 Å². The summed E-state index contributed by atoms with van der Waals surface area (Å²) in [4.78, 5) is 0. The molecule has 0 unspecified atom stereocenters. The molecule has 156 valence electrons. The number of nitrogens with zero attached hydrogens (tertiary/aromatic N) is 3. The monoisotopic (exact) mass is 416 g/mol. The number of halogens is 3. The number of anilines is 1. The largest absolute Gasteiger partial charge is 0.507 e. The van der Waals surface area contributed by atoms with Crippen LogP contribution in [0.5, 0.6) is 5.75 Å². The molecular formula is C21H19F3N4O2. The molecule has 3 aromatic rings. The van der Waals surface area contributed by atoms with Crippen LogP contribution in [0.3, 0.4) is 0 Å². The maximum atomic E-state index is 13.5. The molecule has 9 heteroatoms. The first-order valence-electron chi connectivity index (χ1n) is 9.55. The van der Waals surface area contributed by atoms with Crippen molar-refractivity contribution in [1.82, 2.24) is 9.78 Å². The van der Waals surface area contributed by atoms with Gasteiger partial charge in [0.1, 0.15) is 11.8 Å². The van der Waals surface area contributed by atoms with Crippen molar-refractivity contribution in [2.45, 2.75) is 44.0 Å². The van der Waals surface area contributed by atoms with Gasteiger partial charge in [-0.25, -0.2) is 4.68 Å². The number of aromatic nitrogens is 2. The van der Waals surface area contributed by atoms with Gasteiger partial charge in [-0.3, -0.25) is 0 Å². The molecule has 0 amide bonds. The van der Waals surface area contributed by atoms with Crippen molar-refractivity contribution in [2.24, 2.45) is 0 Å². The summed E-state index contributed by atoms with van der Waals surface area (Å²) in [6.45, 7) is 0. The fourth-order valence-corrected chi connectivity index (χ4v) is 3.87. The van der Waals surface area contributed by atoms with Gasteiger partial charge >= 0.3 is 6.18 Å². The van der Waals surface area contributed by atoms with Crippen molar-refractivity contribution in [3.63, 3.8) is 0 Å². The summed E-state index contributed by atoms with van der Waals surface area (Å²) >= 11 is 0. The van der Waals surface area contributed by atoms with Gasteiger partial charge in [0.25, 0.3) is 0 Å². The second-order valence-corrected chi connectivity index (χ2v) is 7.42. The van der Waals surface area contributed by atoms with E-state index in [2.05, 4.69) is 16.5 Å². The van der Waals surface area contributed by atoms with Gasteiger partial charge in [0, 0.05) is 6.04 Å². The molecule has 1 aliphatic carbocycles. The van der Waals surface area contributed by atoms with Gasteiger partial charge in [-0.05, 0) is 56.0 Å². The third-order valence-corrected chi connectivity index (χ3v) is 5.38. The molecule has 3 N–H and O–H groups in total. The van der Waals surface area contributed by atoms with E-state index >= 15 is 0 Å². The number of benzene rings is 2. The molecule has 0 spiro atoms. The van der Waals surface area contributed by atoms with Crippen molar-refractivity contribution in [1.29, 1.82) is 5.26 Å². The predicted molar refractivity (Wildman–Crippen MR) is 104 cm³/mol. The molecule has 30 heavy (non-hydrogen) atoms. The molecule has 1 fully saturated rings. The lowest BCUT2D eigenvalue weighted by molar-refractivity contribution is -0.140. The number of hydrogen-bond donors (Lipinski definition) is 3. The van der Waals surface area contributed by atoms with Gasteiger partial charge < -0.3 is 15.5 Å². The van der Waals surface area contributed by atoms with E-state index in [-0.39, 0.29) is 23.0 Å². The van der Waals surface area contributed by atoms with Crippen LogP contribution in [0.25, 0.3) is 16.6 Å². The van der Waals surface area contributed by atoms with Crippen molar-refractivity contribution in [2.75, 3.05) is 5.32 Å². The second kappa shape index (κ2) is 7.54. The van der Waals surface area contributed by atoms with E-state index in [1.807, 2.05) is 0 Å². The van der Waals surface area contributed by atoms with Gasteiger partial charge in [-0.1, -0.05) is 6.07 Å².